The molecule has 1 aromatic rings. The Morgan fingerprint density at radius 2 is 1.21 bits per heavy atom. The van der Waals surface area contributed by atoms with E-state index in [9.17, 15) is 0 Å². The van der Waals surface area contributed by atoms with Crippen molar-refractivity contribution >= 4 is 0 Å². The van der Waals surface area contributed by atoms with Crippen molar-refractivity contribution in [3.8, 4) is 5.75 Å². The van der Waals surface area contributed by atoms with Gasteiger partial charge in [-0.3, -0.25) is 0 Å². The van der Waals surface area contributed by atoms with E-state index >= 15 is 0 Å². The molecule has 0 unspecified atom stereocenters. The summed E-state index contributed by atoms with van der Waals surface area (Å²) in [6.45, 7) is 9.53. The predicted octanol–water partition coefficient (Wildman–Crippen LogP) is 8.26. The Morgan fingerprint density at radius 3 is 1.76 bits per heavy atom. The third-order valence-electron chi connectivity index (χ3n) is 5.78. The van der Waals surface area contributed by atoms with Crippen LogP contribution in [-0.2, 0) is 0 Å². The first-order valence-electron chi connectivity index (χ1n) is 12.7. The van der Waals surface area contributed by atoms with Crippen molar-refractivity contribution in [1.82, 2.24) is 5.32 Å². The number of para-hydroxylation sites is 1. The number of hydrogen-bond donors (Lipinski definition) is 1. The Kier molecular flexibility index (Phi) is 17.0. The second-order valence-corrected chi connectivity index (χ2v) is 8.89. The second-order valence-electron chi connectivity index (χ2n) is 8.89. The molecular weight excluding hydrogens is 354 g/mol. The van der Waals surface area contributed by atoms with Crippen LogP contribution in [0.25, 0.3) is 0 Å². The van der Waals surface area contributed by atoms with Crippen LogP contribution in [0.2, 0.25) is 0 Å². The van der Waals surface area contributed by atoms with Gasteiger partial charge in [-0.05, 0) is 30.5 Å². The first-order chi connectivity index (χ1) is 14.3. The van der Waals surface area contributed by atoms with E-state index in [1.807, 2.05) is 0 Å². The fraction of sp³-hybridized carbons (Fsp3) is 0.778. The van der Waals surface area contributed by atoms with Crippen LogP contribution >= 0.6 is 0 Å². The van der Waals surface area contributed by atoms with Crippen molar-refractivity contribution in [2.24, 2.45) is 0 Å². The minimum Gasteiger partial charge on any atom is -0.492 e. The number of unbranched alkanes of at least 4 members (excludes halogenated alkanes) is 13. The molecule has 1 rings (SSSR count). The number of benzene rings is 1. The second kappa shape index (κ2) is 19.0. The third-order valence-corrected chi connectivity index (χ3v) is 5.78. The first kappa shape index (κ1) is 26.0. The lowest BCUT2D eigenvalue weighted by molar-refractivity contribution is 0.309. The van der Waals surface area contributed by atoms with Gasteiger partial charge in [0, 0.05) is 6.54 Å². The summed E-state index contributed by atoms with van der Waals surface area (Å²) in [5, 5.41) is 3.52. The fourth-order valence-corrected chi connectivity index (χ4v) is 3.89. The monoisotopic (exact) mass is 403 g/mol. The molecule has 0 aliphatic carbocycles. The Balaban J connectivity index is 1.81. The molecule has 0 atom stereocenters. The average molecular weight is 404 g/mol. The van der Waals surface area contributed by atoms with Crippen molar-refractivity contribution < 1.29 is 4.74 Å². The van der Waals surface area contributed by atoms with Crippen molar-refractivity contribution in [2.75, 3.05) is 19.7 Å². The van der Waals surface area contributed by atoms with E-state index in [0.29, 0.717) is 5.92 Å². The number of rotatable bonds is 20. The normalized spacial score (nSPS) is 11.3. The average Bonchev–Trinajstić information content (AvgIpc) is 2.73. The fourth-order valence-electron chi connectivity index (χ4n) is 3.89. The lowest BCUT2D eigenvalue weighted by Gasteiger charge is -2.14. The number of ether oxygens (including phenoxy) is 1. The molecule has 0 amide bonds. The highest BCUT2D eigenvalue weighted by atomic mass is 16.5. The van der Waals surface area contributed by atoms with Crippen LogP contribution in [0, 0.1) is 0 Å². The molecule has 0 spiro atoms. The smallest absolute Gasteiger partial charge is 0.122 e. The quantitative estimate of drug-likeness (QED) is 0.221. The number of nitrogens with one attached hydrogen (secondary N) is 1. The highest BCUT2D eigenvalue weighted by molar-refractivity contribution is 5.35. The van der Waals surface area contributed by atoms with Crippen LogP contribution in [0.5, 0.6) is 5.75 Å². The highest BCUT2D eigenvalue weighted by Crippen LogP contribution is 2.25. The first-order valence-corrected chi connectivity index (χ1v) is 12.7. The summed E-state index contributed by atoms with van der Waals surface area (Å²) in [6.07, 6.45) is 19.9. The molecule has 0 saturated heterocycles. The van der Waals surface area contributed by atoms with Crippen molar-refractivity contribution in [2.45, 2.75) is 117 Å². The van der Waals surface area contributed by atoms with Gasteiger partial charge >= 0.3 is 0 Å². The Labute approximate surface area is 182 Å². The zero-order valence-corrected chi connectivity index (χ0v) is 19.8. The summed E-state index contributed by atoms with van der Waals surface area (Å²) in [7, 11) is 0. The van der Waals surface area contributed by atoms with E-state index in [1.165, 1.54) is 95.5 Å². The van der Waals surface area contributed by atoms with Crippen molar-refractivity contribution in [3.63, 3.8) is 0 Å². The Morgan fingerprint density at radius 1 is 0.690 bits per heavy atom. The largest absolute Gasteiger partial charge is 0.492 e. The van der Waals surface area contributed by atoms with Gasteiger partial charge < -0.3 is 10.1 Å². The van der Waals surface area contributed by atoms with E-state index in [1.54, 1.807) is 0 Å². The number of hydrogen-bond acceptors (Lipinski definition) is 2. The molecule has 1 N–H and O–H groups in total. The summed E-state index contributed by atoms with van der Waals surface area (Å²) in [6, 6.07) is 8.41. The summed E-state index contributed by atoms with van der Waals surface area (Å²) in [5.74, 6) is 1.55. The molecule has 0 aliphatic rings. The third kappa shape index (κ3) is 14.6. The molecule has 0 aliphatic heterocycles. The molecule has 1 aromatic carbocycles. The van der Waals surface area contributed by atoms with Gasteiger partial charge in [0.1, 0.15) is 12.4 Å². The Hall–Kier alpha value is -1.02. The topological polar surface area (TPSA) is 21.3 Å². The van der Waals surface area contributed by atoms with Crippen LogP contribution in [-0.4, -0.2) is 19.7 Å². The minimum absolute atomic E-state index is 0.509. The Bertz CT molecular complexity index is 471. The van der Waals surface area contributed by atoms with Gasteiger partial charge in [-0.25, -0.2) is 0 Å². The van der Waals surface area contributed by atoms with Crippen LogP contribution in [0.15, 0.2) is 24.3 Å². The molecule has 2 heteroatoms. The lowest BCUT2D eigenvalue weighted by Crippen LogP contribution is -2.22. The molecule has 168 valence electrons. The van der Waals surface area contributed by atoms with E-state index < -0.39 is 0 Å². The van der Waals surface area contributed by atoms with Crippen LogP contribution in [0.4, 0.5) is 0 Å². The maximum absolute atomic E-state index is 5.96. The molecule has 0 heterocycles. The van der Waals surface area contributed by atoms with E-state index in [-0.39, 0.29) is 0 Å². The maximum atomic E-state index is 5.96. The van der Waals surface area contributed by atoms with Crippen molar-refractivity contribution in [3.05, 3.63) is 29.8 Å². The summed E-state index contributed by atoms with van der Waals surface area (Å²) in [4.78, 5) is 0. The van der Waals surface area contributed by atoms with Gasteiger partial charge in [0.2, 0.25) is 0 Å². The zero-order valence-electron chi connectivity index (χ0n) is 19.8. The molecule has 0 bridgehead atoms. The minimum atomic E-state index is 0.509. The van der Waals surface area contributed by atoms with Crippen molar-refractivity contribution in [1.29, 1.82) is 0 Å². The molecule has 29 heavy (non-hydrogen) atoms. The van der Waals surface area contributed by atoms with Crippen LogP contribution < -0.4 is 10.1 Å². The van der Waals surface area contributed by atoms with Gasteiger partial charge in [-0.1, -0.05) is 122 Å². The molecular formula is C27H49NO. The zero-order chi connectivity index (χ0) is 21.0. The van der Waals surface area contributed by atoms with Gasteiger partial charge in [0.15, 0.2) is 0 Å². The molecule has 0 radical (unpaired) electrons. The summed E-state index contributed by atoms with van der Waals surface area (Å²) >= 11 is 0. The van der Waals surface area contributed by atoms with Gasteiger partial charge in [-0.15, -0.1) is 0 Å². The standard InChI is InChI=1S/C27H49NO/c1-4-5-6-7-8-9-10-11-12-13-14-15-16-19-22-28-23-24-29-27-21-18-17-20-26(27)25(2)3/h17-18,20-21,25,28H,4-16,19,22-24H2,1-3H3. The van der Waals surface area contributed by atoms with E-state index in [4.69, 9.17) is 4.74 Å². The van der Waals surface area contributed by atoms with E-state index in [2.05, 4.69) is 50.4 Å². The molecule has 0 fully saturated rings. The summed E-state index contributed by atoms with van der Waals surface area (Å²) in [5.41, 5.74) is 1.31. The molecule has 0 saturated carbocycles. The van der Waals surface area contributed by atoms with E-state index in [0.717, 1.165) is 25.4 Å². The van der Waals surface area contributed by atoms with Gasteiger partial charge in [-0.2, -0.15) is 0 Å². The lowest BCUT2D eigenvalue weighted by atomic mass is 10.0. The molecule has 0 aromatic heterocycles. The SMILES string of the molecule is CCCCCCCCCCCCCCCCNCCOc1ccccc1C(C)C. The summed E-state index contributed by atoms with van der Waals surface area (Å²) < 4.78 is 5.96. The van der Waals surface area contributed by atoms with Gasteiger partial charge in [0.05, 0.1) is 0 Å². The van der Waals surface area contributed by atoms with Crippen LogP contribution in [0.3, 0.4) is 0 Å². The molecule has 2 nitrogen and oxygen atoms in total. The van der Waals surface area contributed by atoms with Gasteiger partial charge in [0.25, 0.3) is 0 Å². The highest BCUT2D eigenvalue weighted by Gasteiger charge is 2.06. The van der Waals surface area contributed by atoms with Crippen LogP contribution in [0.1, 0.15) is 122 Å². The maximum Gasteiger partial charge on any atom is 0.122 e. The predicted molar refractivity (Wildman–Crippen MR) is 129 cm³/mol.